The molecule has 618 valence electrons. The van der Waals surface area contributed by atoms with Gasteiger partial charge in [0.25, 0.3) is 23.7 Å². The predicted molar refractivity (Wildman–Crippen MR) is 419 cm³/mol. The maximum absolute atomic E-state index is 14.8. The summed E-state index contributed by atoms with van der Waals surface area (Å²) in [6, 6.07) is 0.830. The third-order valence-electron chi connectivity index (χ3n) is 30.1. The van der Waals surface area contributed by atoms with Crippen molar-refractivity contribution in [2.75, 3.05) is 118 Å². The number of carbonyl (C=O) groups excluding carboxylic acids is 4. The third kappa shape index (κ3) is 14.6. The average molecular weight is 1590 g/mol. The molecule has 8 saturated heterocycles. The summed E-state index contributed by atoms with van der Waals surface area (Å²) >= 11 is 0. The Labute approximate surface area is 664 Å². The largest absolute Gasteiger partial charge is 0.356 e. The fourth-order valence-electron chi connectivity index (χ4n) is 23.3. The Morgan fingerprint density at radius 2 is 0.579 bits per heavy atom. The molecule has 15 atom stereocenters. The Hall–Kier alpha value is -7.16. The van der Waals surface area contributed by atoms with Crippen molar-refractivity contribution >= 4 is 70.2 Å². The van der Waals surface area contributed by atoms with Gasteiger partial charge in [0.15, 0.2) is 0 Å². The molecule has 20 nitrogen and oxygen atoms in total. The van der Waals surface area contributed by atoms with E-state index in [-0.39, 0.29) is 95.3 Å². The second kappa shape index (κ2) is 29.4. The van der Waals surface area contributed by atoms with Crippen molar-refractivity contribution in [1.82, 2.24) is 39.9 Å². The Balaban J connectivity index is 0.000000106. The summed E-state index contributed by atoms with van der Waals surface area (Å²) in [4.78, 5) is 100. The van der Waals surface area contributed by atoms with Crippen LogP contribution in [0.3, 0.4) is 0 Å². The van der Waals surface area contributed by atoms with Crippen LogP contribution < -0.4 is 39.2 Å². The van der Waals surface area contributed by atoms with Gasteiger partial charge in [-0.2, -0.15) is 55.1 Å². The van der Waals surface area contributed by atoms with Gasteiger partial charge >= 0.3 is 0 Å². The molecule has 0 aromatic carbocycles. The Morgan fingerprint density at radius 1 is 0.316 bits per heavy atom. The van der Waals surface area contributed by atoms with Gasteiger partial charge in [0.05, 0.1) is 0 Å². The molecule has 9 aliphatic carbocycles. The van der Waals surface area contributed by atoms with Gasteiger partial charge in [-0.3, -0.25) is 0 Å². The molecule has 114 heavy (non-hydrogen) atoms. The molecule has 0 amide bonds. The first kappa shape index (κ1) is 78.0. The number of fused-ring (bicyclic) bond motifs is 8. The first-order valence-electron chi connectivity index (χ1n) is 43.6. The Morgan fingerprint density at radius 3 is 0.833 bits per heavy atom. The van der Waals surface area contributed by atoms with Gasteiger partial charge in [0, 0.05) is 176 Å². The van der Waals surface area contributed by atoms with Crippen LogP contribution in [0.2, 0.25) is 0 Å². The summed E-state index contributed by atoms with van der Waals surface area (Å²) in [5, 5.41) is 0. The topological polar surface area (TPSA) is 197 Å². The van der Waals surface area contributed by atoms with Gasteiger partial charge in [0.2, 0.25) is 23.8 Å². The van der Waals surface area contributed by atoms with E-state index >= 15 is 0 Å². The van der Waals surface area contributed by atoms with Gasteiger partial charge in [-0.1, -0.05) is 0 Å². The zero-order chi connectivity index (χ0) is 79.6. The number of ketones is 4. The van der Waals surface area contributed by atoms with E-state index in [1.54, 1.807) is 27.7 Å². The Kier molecular flexibility index (Phi) is 20.1. The number of piperidine rings is 7. The van der Waals surface area contributed by atoms with Crippen LogP contribution in [0, 0.1) is 71.0 Å². The summed E-state index contributed by atoms with van der Waals surface area (Å²) in [7, 11) is 0. The summed E-state index contributed by atoms with van der Waals surface area (Å²) in [6.07, 6.45) is 18.9. The molecule has 8 aliphatic heterocycles. The van der Waals surface area contributed by atoms with Crippen LogP contribution in [0.1, 0.15) is 241 Å². The van der Waals surface area contributed by atoms with Crippen molar-refractivity contribution in [2.24, 2.45) is 71.0 Å². The van der Waals surface area contributed by atoms with Gasteiger partial charge in [-0.15, -0.1) is 0 Å². The summed E-state index contributed by atoms with van der Waals surface area (Å²) < 4.78 is 118. The third-order valence-corrected chi connectivity index (χ3v) is 30.1. The smallest absolute Gasteiger partial charge is 0.290 e. The molecule has 5 unspecified atom stereocenters. The number of alkyl halides is 8. The normalized spacial score (nSPS) is 32.9. The quantitative estimate of drug-likeness (QED) is 0.0959. The molecule has 13 fully saturated rings. The maximum atomic E-state index is 14.8. The zero-order valence-corrected chi connectivity index (χ0v) is 67.5. The van der Waals surface area contributed by atoms with Crippen LogP contribution in [0.15, 0.2) is 0 Å². The highest BCUT2D eigenvalue weighted by Crippen LogP contribution is 2.61. The van der Waals surface area contributed by atoms with Crippen molar-refractivity contribution in [1.29, 1.82) is 0 Å². The van der Waals surface area contributed by atoms with Crippen LogP contribution in [0.4, 0.5) is 82.2 Å². The molecule has 5 saturated carbocycles. The monoisotopic (exact) mass is 1590 g/mol. The van der Waals surface area contributed by atoms with Crippen LogP contribution in [-0.2, 0) is 68.6 Å². The molecule has 17 aliphatic rings. The van der Waals surface area contributed by atoms with E-state index in [9.17, 15) is 54.3 Å². The molecule has 0 radical (unpaired) electrons. The van der Waals surface area contributed by atoms with Crippen molar-refractivity contribution in [3.05, 3.63) is 45.0 Å². The van der Waals surface area contributed by atoms with Gasteiger partial charge in [-0.25, -0.2) is 19.9 Å². The first-order chi connectivity index (χ1) is 54.4. The molecule has 1 spiro atoms. The van der Waals surface area contributed by atoms with Crippen molar-refractivity contribution in [3.63, 3.8) is 0 Å². The number of nitrogens with zero attached hydrogens (tertiary/aromatic N) is 16. The number of hydrogen-bond acceptors (Lipinski definition) is 20. The average Bonchev–Trinajstić information content (AvgIpc) is 1.55. The molecule has 0 N–H and O–H groups in total. The molecule has 21 rings (SSSR count). The minimum atomic E-state index is -2.88. The van der Waals surface area contributed by atoms with E-state index in [4.69, 9.17) is 19.9 Å². The zero-order valence-electron chi connectivity index (χ0n) is 67.5. The minimum Gasteiger partial charge on any atom is -0.356 e. The summed E-state index contributed by atoms with van der Waals surface area (Å²) in [5.74, 6) is 0.384. The fraction of sp³-hybridized carbons (Fsp3) is 0.767. The molecule has 12 heterocycles. The number of aromatic nitrogens is 8. The Bertz CT molecular complexity index is 4060. The van der Waals surface area contributed by atoms with E-state index in [1.807, 2.05) is 0 Å². The van der Waals surface area contributed by atoms with Crippen LogP contribution >= 0.6 is 0 Å². The van der Waals surface area contributed by atoms with Crippen molar-refractivity contribution in [2.45, 2.75) is 269 Å². The lowest BCUT2D eigenvalue weighted by Gasteiger charge is -2.42. The van der Waals surface area contributed by atoms with E-state index in [2.05, 4.69) is 79.9 Å². The second-order valence-electron chi connectivity index (χ2n) is 38.0. The summed E-state index contributed by atoms with van der Waals surface area (Å²) in [5.41, 5.74) is 2.62. The highest BCUT2D eigenvalue weighted by atomic mass is 19.3. The maximum Gasteiger partial charge on any atom is 0.290 e. The molecule has 4 aromatic rings. The van der Waals surface area contributed by atoms with Crippen LogP contribution in [-0.4, -0.2) is 165 Å². The molecular weight excluding hydrogens is 1470 g/mol. The minimum absolute atomic E-state index is 0.0361. The van der Waals surface area contributed by atoms with Gasteiger partial charge < -0.3 is 58.4 Å². The lowest BCUT2D eigenvalue weighted by atomic mass is 9.92. The van der Waals surface area contributed by atoms with Gasteiger partial charge in [-0.05, 0) is 241 Å². The van der Waals surface area contributed by atoms with E-state index < -0.39 is 23.7 Å². The van der Waals surface area contributed by atoms with Crippen molar-refractivity contribution in [3.8, 4) is 0 Å². The predicted octanol–water partition coefficient (Wildman–Crippen LogP) is 14.8. The highest BCUT2D eigenvalue weighted by Gasteiger charge is 2.62. The lowest BCUT2D eigenvalue weighted by molar-refractivity contribution is -0.118. The SMILES string of the molecule is CC(=O)CC1[C@H]2CN(c3nc(N4CCC45CC5)nc4c3CCC4(F)F)C[C@@H]12.CC(=O)CC1[C@H]2CN(c3nc(N4CCCCC4C)nc4c3CCCC4(F)F)C[C@@H]12.CC(=O)CC1[C@H]2CN(c3nc(N4CCCC[C@@H]4C)nc4c3CCCC4(F)F)C[C@@H]12.CC(=O)CC1[C@H]2CN(c3nc(N4CCCC[C@H]4C)nc4c3CCCC4(F)F)C[C@@H]12. The number of rotatable bonds is 16. The number of halogens is 8. The molecule has 0 bridgehead atoms. The standard InChI is InChI=1S/3C22H30F2N4O.C20H24F2N4O/c3*1-13-6-3-4-9-28(13)21-25-19-15(7-5-8-22(19,23)24)20(26-21)27-11-17-16(10-14(2)29)18(17)12-27;1-11(27)8-13-14-9-25(10-15(13)14)17-12-2-3-20(21,22)16(12)23-18(24-17)26-7-6-19(26)4-5-19/h3*13,16-18H,3-12H2,1-2H3;13-15H,2-10H2,1H3/t13?,16?,17-,18+;2*13-,16?,17-,18+;13?,14-,15+/m.10./s1. The number of Topliss-reactive ketones (excluding diaryl/α,β-unsaturated/α-hetero) is 4. The molecule has 28 heteroatoms. The number of hydrogen-bond donors (Lipinski definition) is 0. The number of anilines is 8. The van der Waals surface area contributed by atoms with E-state index in [1.165, 1.54) is 19.3 Å². The lowest BCUT2D eigenvalue weighted by Crippen LogP contribution is -2.51. The van der Waals surface area contributed by atoms with Crippen LogP contribution in [0.5, 0.6) is 0 Å². The molecule has 4 aromatic heterocycles. The van der Waals surface area contributed by atoms with E-state index in [0.29, 0.717) is 188 Å². The van der Waals surface area contributed by atoms with E-state index in [0.717, 1.165) is 160 Å². The molecular formula is C86H114F8N16O4. The highest BCUT2D eigenvalue weighted by molar-refractivity contribution is 5.78. The fourth-order valence-corrected chi connectivity index (χ4v) is 23.3. The second-order valence-corrected chi connectivity index (χ2v) is 38.0. The van der Waals surface area contributed by atoms with Crippen molar-refractivity contribution < 1.29 is 54.3 Å². The summed E-state index contributed by atoms with van der Waals surface area (Å²) in [6.45, 7) is 23.0. The first-order valence-corrected chi connectivity index (χ1v) is 43.6. The number of carbonyl (C=O) groups is 4. The van der Waals surface area contributed by atoms with Crippen LogP contribution in [0.25, 0.3) is 0 Å². The van der Waals surface area contributed by atoms with Gasteiger partial charge in [0.1, 0.15) is 69.2 Å².